The van der Waals surface area contributed by atoms with Crippen LogP contribution in [0.5, 0.6) is 5.75 Å². The van der Waals surface area contributed by atoms with Crippen molar-refractivity contribution < 1.29 is 33.3 Å². The molecule has 3 aromatic rings. The van der Waals surface area contributed by atoms with Gasteiger partial charge in [-0.05, 0) is 24.6 Å². The van der Waals surface area contributed by atoms with Gasteiger partial charge in [0.2, 0.25) is 0 Å². The van der Waals surface area contributed by atoms with Gasteiger partial charge in [0.25, 0.3) is 5.56 Å². The lowest BCUT2D eigenvalue weighted by atomic mass is 10.1. The molecule has 0 radical (unpaired) electrons. The Kier molecular flexibility index (Phi) is 6.75. The van der Waals surface area contributed by atoms with Gasteiger partial charge in [-0.25, -0.2) is 4.79 Å². The minimum Gasteiger partial charge on any atom is -0.483 e. The van der Waals surface area contributed by atoms with E-state index in [1.165, 1.54) is 6.92 Å². The number of para-hydroxylation sites is 1. The number of pyridine rings is 1. The summed E-state index contributed by atoms with van der Waals surface area (Å²) in [7, 11) is 0. The Bertz CT molecular complexity index is 1330. The van der Waals surface area contributed by atoms with Crippen LogP contribution in [-0.2, 0) is 30.3 Å². The van der Waals surface area contributed by atoms with E-state index < -0.39 is 41.9 Å². The van der Waals surface area contributed by atoms with Gasteiger partial charge in [0.15, 0.2) is 17.8 Å². The van der Waals surface area contributed by atoms with E-state index in [4.69, 9.17) is 23.7 Å². The highest BCUT2D eigenvalue weighted by molar-refractivity contribution is 6.00. The maximum Gasteiger partial charge on any atom is 0.347 e. The maximum absolute atomic E-state index is 13.8. The van der Waals surface area contributed by atoms with Crippen molar-refractivity contribution in [2.24, 2.45) is 0 Å². The number of hydrogen-bond donors (Lipinski definition) is 0. The van der Waals surface area contributed by atoms with Crippen LogP contribution >= 0.6 is 0 Å². The molecule has 2 saturated heterocycles. The van der Waals surface area contributed by atoms with Crippen LogP contribution in [0.15, 0.2) is 59.4 Å². The van der Waals surface area contributed by atoms with Gasteiger partial charge >= 0.3 is 11.9 Å². The number of esters is 2. The molecule has 2 fully saturated rings. The van der Waals surface area contributed by atoms with Gasteiger partial charge in [-0.2, -0.15) is 0 Å². The molecule has 0 aliphatic carbocycles. The monoisotopic (exact) mass is 493 g/mol. The third-order valence-corrected chi connectivity index (χ3v) is 6.34. The third-order valence-electron chi connectivity index (χ3n) is 6.34. The molecule has 2 aliphatic rings. The Morgan fingerprint density at radius 1 is 0.972 bits per heavy atom. The Labute approximate surface area is 207 Å². The van der Waals surface area contributed by atoms with Gasteiger partial charge in [0, 0.05) is 12.3 Å². The lowest BCUT2D eigenvalue weighted by molar-refractivity contribution is -0.150. The van der Waals surface area contributed by atoms with Gasteiger partial charge in [-0.15, -0.1) is 0 Å². The van der Waals surface area contributed by atoms with E-state index in [9.17, 15) is 14.4 Å². The minimum atomic E-state index is -0.759. The summed E-state index contributed by atoms with van der Waals surface area (Å²) in [6.45, 7) is 3.72. The zero-order valence-corrected chi connectivity index (χ0v) is 20.0. The van der Waals surface area contributed by atoms with E-state index in [-0.39, 0.29) is 37.7 Å². The van der Waals surface area contributed by atoms with Crippen molar-refractivity contribution in [2.45, 2.75) is 44.8 Å². The summed E-state index contributed by atoms with van der Waals surface area (Å²) in [4.78, 5) is 38.3. The fourth-order valence-corrected chi connectivity index (χ4v) is 4.80. The molecule has 3 heterocycles. The molecule has 0 unspecified atom stereocenters. The van der Waals surface area contributed by atoms with E-state index in [1.807, 2.05) is 48.5 Å². The molecule has 0 N–H and O–H groups in total. The van der Waals surface area contributed by atoms with Gasteiger partial charge in [0.05, 0.1) is 31.9 Å². The largest absolute Gasteiger partial charge is 0.483 e. The van der Waals surface area contributed by atoms with E-state index >= 15 is 0 Å². The van der Waals surface area contributed by atoms with E-state index in [0.29, 0.717) is 10.9 Å². The third kappa shape index (κ3) is 4.47. The topological polar surface area (TPSA) is 102 Å². The molecule has 4 atom stereocenters. The van der Waals surface area contributed by atoms with Gasteiger partial charge in [-0.1, -0.05) is 42.5 Å². The molecular weight excluding hydrogens is 466 g/mol. The Hall–Kier alpha value is -3.69. The SMILES string of the molecule is CCOC(=O)c1c(O[C@H]2CO[C@H]3[C@@H]2OC[C@@H]3OC(C)=O)c2ccccc2n(Cc2ccccc2)c1=O. The normalized spacial score (nSPS) is 22.8. The maximum atomic E-state index is 13.8. The van der Waals surface area contributed by atoms with Gasteiger partial charge in [-0.3, -0.25) is 9.59 Å². The minimum absolute atomic E-state index is 0.105. The number of carbonyl (C=O) groups excluding carboxylic acids is 2. The molecule has 36 heavy (non-hydrogen) atoms. The van der Waals surface area contributed by atoms with Crippen LogP contribution in [0.1, 0.15) is 29.8 Å². The fourth-order valence-electron chi connectivity index (χ4n) is 4.80. The van der Waals surface area contributed by atoms with Crippen molar-refractivity contribution in [3.63, 3.8) is 0 Å². The van der Waals surface area contributed by atoms with Crippen LogP contribution in [0.4, 0.5) is 0 Å². The smallest absolute Gasteiger partial charge is 0.347 e. The average Bonchev–Trinajstić information content (AvgIpc) is 3.45. The predicted octanol–water partition coefficient (Wildman–Crippen LogP) is 2.70. The molecule has 2 aliphatic heterocycles. The summed E-state index contributed by atoms with van der Waals surface area (Å²) in [5, 5.41) is 0.592. The zero-order chi connectivity index (χ0) is 25.2. The number of ether oxygens (including phenoxy) is 5. The van der Waals surface area contributed by atoms with Crippen LogP contribution in [0.3, 0.4) is 0 Å². The fraction of sp³-hybridized carbons (Fsp3) is 0.370. The summed E-state index contributed by atoms with van der Waals surface area (Å²) in [5.41, 5.74) is 0.849. The quantitative estimate of drug-likeness (QED) is 0.463. The highest BCUT2D eigenvalue weighted by Gasteiger charge is 2.51. The summed E-state index contributed by atoms with van der Waals surface area (Å²) < 4.78 is 30.1. The first-order valence-electron chi connectivity index (χ1n) is 11.9. The molecular formula is C27H27NO8. The summed E-state index contributed by atoms with van der Waals surface area (Å²) >= 11 is 0. The first-order valence-corrected chi connectivity index (χ1v) is 11.9. The molecule has 1 aromatic heterocycles. The van der Waals surface area contributed by atoms with Crippen molar-refractivity contribution in [1.29, 1.82) is 0 Å². The van der Waals surface area contributed by atoms with E-state index in [0.717, 1.165) is 5.56 Å². The Balaban J connectivity index is 1.58. The van der Waals surface area contributed by atoms with Gasteiger partial charge < -0.3 is 28.3 Å². The number of rotatable bonds is 7. The molecule has 9 heteroatoms. The number of aromatic nitrogens is 1. The molecule has 188 valence electrons. The van der Waals surface area contributed by atoms with Crippen molar-refractivity contribution in [3.8, 4) is 5.75 Å². The standard InChI is InChI=1S/C27H27NO8/c1-3-32-27(31)22-23(36-21-15-34-24-20(35-16(2)29)14-33-25(21)24)18-11-7-8-12-19(18)28(26(22)30)13-17-9-5-4-6-10-17/h4-12,20-21,24-25H,3,13-15H2,1-2H3/t20-,21-,24+,25+/m0/s1. The second-order valence-electron chi connectivity index (χ2n) is 8.72. The van der Waals surface area contributed by atoms with Crippen LogP contribution in [0.25, 0.3) is 10.9 Å². The molecule has 0 bridgehead atoms. The number of benzene rings is 2. The number of nitrogens with zero attached hydrogens (tertiary/aromatic N) is 1. The first-order chi connectivity index (χ1) is 17.5. The van der Waals surface area contributed by atoms with Crippen molar-refractivity contribution in [3.05, 3.63) is 76.1 Å². The van der Waals surface area contributed by atoms with Crippen molar-refractivity contribution in [1.82, 2.24) is 4.57 Å². The highest BCUT2D eigenvalue weighted by Crippen LogP contribution is 2.35. The molecule has 9 nitrogen and oxygen atoms in total. The van der Waals surface area contributed by atoms with Crippen LogP contribution in [0.2, 0.25) is 0 Å². The zero-order valence-electron chi connectivity index (χ0n) is 20.0. The van der Waals surface area contributed by atoms with Crippen molar-refractivity contribution >= 4 is 22.8 Å². The highest BCUT2D eigenvalue weighted by atomic mass is 16.7. The van der Waals surface area contributed by atoms with Crippen LogP contribution < -0.4 is 10.3 Å². The summed E-state index contributed by atoms with van der Waals surface area (Å²) in [6, 6.07) is 16.8. The summed E-state index contributed by atoms with van der Waals surface area (Å²) in [5.74, 6) is -1.05. The van der Waals surface area contributed by atoms with E-state index in [1.54, 1.807) is 17.6 Å². The molecule has 2 aromatic carbocycles. The molecule has 0 saturated carbocycles. The predicted molar refractivity (Wildman–Crippen MR) is 129 cm³/mol. The Morgan fingerprint density at radius 2 is 1.64 bits per heavy atom. The van der Waals surface area contributed by atoms with Crippen molar-refractivity contribution in [2.75, 3.05) is 19.8 Å². The first kappa shape index (κ1) is 24.0. The van der Waals surface area contributed by atoms with Crippen LogP contribution in [0, 0.1) is 0 Å². The number of fused-ring (bicyclic) bond motifs is 2. The number of hydrogen-bond acceptors (Lipinski definition) is 8. The average molecular weight is 494 g/mol. The molecule has 0 spiro atoms. The molecule has 0 amide bonds. The van der Waals surface area contributed by atoms with Crippen LogP contribution in [-0.4, -0.2) is 60.7 Å². The second kappa shape index (κ2) is 10.1. The lowest BCUT2D eigenvalue weighted by Gasteiger charge is -2.22. The lowest BCUT2D eigenvalue weighted by Crippen LogP contribution is -2.37. The summed E-state index contributed by atoms with van der Waals surface area (Å²) in [6.07, 6.45) is -2.16. The van der Waals surface area contributed by atoms with E-state index in [2.05, 4.69) is 0 Å². The molecule has 5 rings (SSSR count). The second-order valence-corrected chi connectivity index (χ2v) is 8.72. The number of carbonyl (C=O) groups is 2. The van der Waals surface area contributed by atoms with Gasteiger partial charge in [0.1, 0.15) is 18.0 Å². The Morgan fingerprint density at radius 3 is 2.36 bits per heavy atom.